The molecular weight excluding hydrogens is 452 g/mol. The lowest BCUT2D eigenvalue weighted by Gasteiger charge is -2.09. The van der Waals surface area contributed by atoms with Crippen LogP contribution in [0.15, 0.2) is 77.9 Å². The van der Waals surface area contributed by atoms with Crippen LogP contribution in [0.1, 0.15) is 36.6 Å². The van der Waals surface area contributed by atoms with Crippen LogP contribution >= 0.6 is 0 Å². The minimum Gasteiger partial charge on any atom is -0.292 e. The Hall–Kier alpha value is -4.84. The third-order valence-corrected chi connectivity index (χ3v) is 6.11. The second-order valence-corrected chi connectivity index (χ2v) is 8.44. The number of aromatic amines is 1. The highest BCUT2D eigenvalue weighted by molar-refractivity contribution is 5.76. The van der Waals surface area contributed by atoms with Crippen LogP contribution in [-0.2, 0) is 13.0 Å². The van der Waals surface area contributed by atoms with E-state index >= 15 is 0 Å². The second-order valence-electron chi connectivity index (χ2n) is 8.44. The molecule has 0 saturated carbocycles. The molecule has 0 aliphatic rings. The highest BCUT2D eigenvalue weighted by Crippen LogP contribution is 2.27. The summed E-state index contributed by atoms with van der Waals surface area (Å²) in [5.74, 6) is 0.549. The van der Waals surface area contributed by atoms with Crippen LogP contribution in [0.3, 0.4) is 0 Å². The van der Waals surface area contributed by atoms with E-state index in [-0.39, 0.29) is 5.69 Å². The van der Waals surface area contributed by atoms with Gasteiger partial charge in [-0.05, 0) is 53.1 Å². The summed E-state index contributed by atoms with van der Waals surface area (Å²) in [6.07, 6.45) is 6.39. The van der Waals surface area contributed by atoms with Gasteiger partial charge in [-0.25, -0.2) is 9.89 Å². The van der Waals surface area contributed by atoms with Crippen molar-refractivity contribution >= 4 is 0 Å². The molecule has 0 atom stereocenters. The number of rotatable bonds is 8. The number of nitrogens with one attached hydrogen (secondary N) is 1. The number of unbranched alkanes of at least 4 members (excludes halogenated alkanes) is 1. The Bertz CT molecular complexity index is 1570. The quantitative estimate of drug-likeness (QED) is 0.360. The van der Waals surface area contributed by atoms with Gasteiger partial charge >= 0.3 is 5.69 Å². The molecule has 0 aliphatic heterocycles. The Balaban J connectivity index is 1.49. The number of hydrogen-bond acceptors (Lipinski definition) is 6. The van der Waals surface area contributed by atoms with Crippen LogP contribution in [-0.4, -0.2) is 34.7 Å². The topological polar surface area (TPSA) is 118 Å². The van der Waals surface area contributed by atoms with Crippen molar-refractivity contribution in [2.75, 3.05) is 0 Å². The zero-order valence-electron chi connectivity index (χ0n) is 19.8. The van der Waals surface area contributed by atoms with E-state index in [9.17, 15) is 10.1 Å². The number of tetrazole rings is 1. The molecule has 0 spiro atoms. The van der Waals surface area contributed by atoms with Gasteiger partial charge in [0.15, 0.2) is 5.82 Å². The van der Waals surface area contributed by atoms with Crippen molar-refractivity contribution in [3.63, 3.8) is 0 Å². The zero-order chi connectivity index (χ0) is 24.9. The molecule has 0 aliphatic carbocycles. The number of H-pyrrole nitrogens is 1. The predicted molar refractivity (Wildman–Crippen MR) is 135 cm³/mol. The minimum absolute atomic E-state index is 0.155. The summed E-state index contributed by atoms with van der Waals surface area (Å²) >= 11 is 0. The number of nitriles is 1. The largest absolute Gasteiger partial charge is 0.333 e. The van der Waals surface area contributed by atoms with Crippen LogP contribution in [0.2, 0.25) is 0 Å². The Morgan fingerprint density at radius 1 is 1.06 bits per heavy atom. The maximum atomic E-state index is 13.5. The molecule has 0 unspecified atom stereocenters. The maximum Gasteiger partial charge on any atom is 0.333 e. The first-order valence-corrected chi connectivity index (χ1v) is 11.8. The van der Waals surface area contributed by atoms with Crippen LogP contribution in [0.25, 0.3) is 28.3 Å². The van der Waals surface area contributed by atoms with E-state index < -0.39 is 0 Å². The van der Waals surface area contributed by atoms with Gasteiger partial charge in [-0.1, -0.05) is 49.7 Å². The molecule has 36 heavy (non-hydrogen) atoms. The van der Waals surface area contributed by atoms with Crippen molar-refractivity contribution in [3.8, 4) is 34.4 Å². The summed E-state index contributed by atoms with van der Waals surface area (Å²) in [7, 11) is 0. The van der Waals surface area contributed by atoms with Crippen molar-refractivity contribution in [2.24, 2.45) is 0 Å². The fourth-order valence-corrected chi connectivity index (χ4v) is 4.25. The number of aromatic nitrogens is 7. The number of nitrogens with zero attached hydrogens (tertiary/aromatic N) is 7. The molecule has 0 radical (unpaired) electrons. The molecule has 3 aromatic heterocycles. The normalized spacial score (nSPS) is 10.9. The fourth-order valence-electron chi connectivity index (χ4n) is 4.25. The summed E-state index contributed by atoms with van der Waals surface area (Å²) in [5, 5.41) is 23.7. The third-order valence-electron chi connectivity index (χ3n) is 6.11. The molecule has 9 nitrogen and oxygen atoms in total. The van der Waals surface area contributed by atoms with Gasteiger partial charge in [0.2, 0.25) is 0 Å². The fraction of sp³-hybridized carbons (Fsp3) is 0.185. The average molecular weight is 477 g/mol. The average Bonchev–Trinajstić information content (AvgIpc) is 3.57. The Kier molecular flexibility index (Phi) is 6.49. The Labute approximate surface area is 207 Å². The maximum absolute atomic E-state index is 13.5. The minimum atomic E-state index is -0.155. The van der Waals surface area contributed by atoms with E-state index in [4.69, 9.17) is 0 Å². The lowest BCUT2D eigenvalue weighted by Crippen LogP contribution is -2.25. The molecule has 5 aromatic rings. The molecule has 3 heterocycles. The van der Waals surface area contributed by atoms with Gasteiger partial charge in [-0.15, -0.1) is 5.10 Å². The van der Waals surface area contributed by atoms with Gasteiger partial charge < -0.3 is 0 Å². The Morgan fingerprint density at radius 2 is 1.89 bits per heavy atom. The first kappa shape index (κ1) is 22.9. The smallest absolute Gasteiger partial charge is 0.292 e. The molecule has 2 aromatic carbocycles. The molecule has 178 valence electrons. The standard InChI is InChI=1S/C27H24N8O/c1-2-3-8-22-18-35(24-10-5-4-7-21(24)16-28)27(36)34(22)17-19-11-13-20(14-12-19)25-23(9-6-15-29-25)26-30-32-33-31-26/h4-7,9-15,18H,2-3,8,17H2,1H3,(H,30,31,32,33). The first-order chi connectivity index (χ1) is 17.7. The zero-order valence-corrected chi connectivity index (χ0v) is 19.8. The highest BCUT2D eigenvalue weighted by Gasteiger charge is 2.16. The third kappa shape index (κ3) is 4.44. The predicted octanol–water partition coefficient (Wildman–Crippen LogP) is 4.14. The van der Waals surface area contributed by atoms with Crippen molar-refractivity contribution in [1.29, 1.82) is 5.26 Å². The van der Waals surface area contributed by atoms with Crippen molar-refractivity contribution in [1.82, 2.24) is 34.7 Å². The molecule has 5 rings (SSSR count). The molecule has 1 N–H and O–H groups in total. The SMILES string of the molecule is CCCCc1cn(-c2ccccc2C#N)c(=O)n1Cc1ccc(-c2ncccc2-c2nnn[nH]2)cc1. The van der Waals surface area contributed by atoms with Gasteiger partial charge in [-0.3, -0.25) is 14.1 Å². The summed E-state index contributed by atoms with van der Waals surface area (Å²) in [6, 6.07) is 21.1. The van der Waals surface area contributed by atoms with Gasteiger partial charge in [-0.2, -0.15) is 5.26 Å². The Morgan fingerprint density at radius 3 is 2.64 bits per heavy atom. The number of benzene rings is 2. The monoisotopic (exact) mass is 476 g/mol. The number of pyridine rings is 1. The van der Waals surface area contributed by atoms with Crippen molar-refractivity contribution in [2.45, 2.75) is 32.7 Å². The second kappa shape index (κ2) is 10.2. The lowest BCUT2D eigenvalue weighted by molar-refractivity contribution is 0.674. The van der Waals surface area contributed by atoms with Crippen LogP contribution in [0, 0.1) is 11.3 Å². The molecular formula is C27H24N8O. The lowest BCUT2D eigenvalue weighted by atomic mass is 10.0. The van der Waals surface area contributed by atoms with E-state index in [0.717, 1.165) is 47.3 Å². The van der Waals surface area contributed by atoms with Gasteiger partial charge in [0.05, 0.1) is 23.5 Å². The van der Waals surface area contributed by atoms with E-state index in [0.29, 0.717) is 23.6 Å². The number of imidazole rings is 1. The molecule has 0 bridgehead atoms. The van der Waals surface area contributed by atoms with E-state index in [2.05, 4.69) is 38.6 Å². The first-order valence-electron chi connectivity index (χ1n) is 11.8. The number of aryl methyl sites for hydroxylation is 1. The molecule has 9 heteroatoms. The van der Waals surface area contributed by atoms with E-state index in [1.54, 1.807) is 33.5 Å². The van der Waals surface area contributed by atoms with E-state index in [1.807, 2.05) is 48.7 Å². The summed E-state index contributed by atoms with van der Waals surface area (Å²) in [5.41, 5.74) is 5.34. The van der Waals surface area contributed by atoms with Crippen LogP contribution in [0.4, 0.5) is 0 Å². The van der Waals surface area contributed by atoms with Crippen molar-refractivity contribution < 1.29 is 0 Å². The number of hydrogen-bond donors (Lipinski definition) is 1. The van der Waals surface area contributed by atoms with Crippen LogP contribution < -0.4 is 5.69 Å². The molecule has 0 fully saturated rings. The van der Waals surface area contributed by atoms with Crippen LogP contribution in [0.5, 0.6) is 0 Å². The van der Waals surface area contributed by atoms with Gasteiger partial charge in [0.25, 0.3) is 0 Å². The van der Waals surface area contributed by atoms with Gasteiger partial charge in [0, 0.05) is 29.2 Å². The summed E-state index contributed by atoms with van der Waals surface area (Å²) in [4.78, 5) is 18.0. The molecule has 0 amide bonds. The highest BCUT2D eigenvalue weighted by atomic mass is 16.1. The summed E-state index contributed by atoms with van der Waals surface area (Å²) < 4.78 is 3.38. The van der Waals surface area contributed by atoms with Crippen molar-refractivity contribution in [3.05, 3.63) is 100 Å². The number of para-hydroxylation sites is 1. The van der Waals surface area contributed by atoms with Gasteiger partial charge in [0.1, 0.15) is 6.07 Å². The summed E-state index contributed by atoms with van der Waals surface area (Å²) in [6.45, 7) is 2.56. The molecule has 0 saturated heterocycles. The van der Waals surface area contributed by atoms with E-state index in [1.165, 1.54) is 0 Å².